The average molecular weight is 263 g/mol. The first-order chi connectivity index (χ1) is 9.06. The number of hydrogen-bond donors (Lipinski definition) is 2. The number of benzene rings is 1. The minimum Gasteiger partial charge on any atom is -0.397 e. The maximum absolute atomic E-state index is 11.8. The highest BCUT2D eigenvalue weighted by Crippen LogP contribution is 2.20. The van der Waals surface area contributed by atoms with Gasteiger partial charge in [0, 0.05) is 26.2 Å². The van der Waals surface area contributed by atoms with E-state index in [9.17, 15) is 4.79 Å². The van der Waals surface area contributed by atoms with Crippen LogP contribution in [0.3, 0.4) is 0 Å². The monoisotopic (exact) mass is 263 g/mol. The fraction of sp³-hybridized carbons (Fsp3) is 0.533. The normalized spacial score (nSPS) is 10.3. The number of anilines is 2. The Morgan fingerprint density at radius 1 is 1.26 bits per heavy atom. The number of carbonyl (C=O) groups excluding carboxylic acids is 1. The van der Waals surface area contributed by atoms with Crippen LogP contribution >= 0.6 is 0 Å². The average Bonchev–Trinajstić information content (AvgIpc) is 2.39. The molecule has 0 bridgehead atoms. The zero-order chi connectivity index (χ0) is 14.3. The van der Waals surface area contributed by atoms with Crippen LogP contribution < -0.4 is 11.1 Å². The summed E-state index contributed by atoms with van der Waals surface area (Å²) in [6.45, 7) is 3.12. The van der Waals surface area contributed by atoms with E-state index in [4.69, 9.17) is 5.73 Å². The molecule has 0 atom stereocenters. The molecule has 0 saturated heterocycles. The quantitative estimate of drug-likeness (QED) is 0.587. The summed E-state index contributed by atoms with van der Waals surface area (Å²) in [6, 6.07) is 5.43. The molecular weight excluding hydrogens is 238 g/mol. The first-order valence-corrected chi connectivity index (χ1v) is 6.91. The highest BCUT2D eigenvalue weighted by Gasteiger charge is 2.09. The molecule has 3 N–H and O–H groups in total. The summed E-state index contributed by atoms with van der Waals surface area (Å²) in [7, 11) is 3.47. The van der Waals surface area contributed by atoms with Crippen molar-refractivity contribution >= 4 is 17.3 Å². The Labute approximate surface area is 116 Å². The third kappa shape index (κ3) is 4.81. The van der Waals surface area contributed by atoms with E-state index in [0.717, 1.165) is 18.7 Å². The van der Waals surface area contributed by atoms with Gasteiger partial charge in [-0.15, -0.1) is 0 Å². The summed E-state index contributed by atoms with van der Waals surface area (Å²) in [5.74, 6) is -0.0267. The molecular formula is C15H25N3O. The lowest BCUT2D eigenvalue weighted by molar-refractivity contribution is 0.0827. The van der Waals surface area contributed by atoms with E-state index in [1.165, 1.54) is 19.3 Å². The van der Waals surface area contributed by atoms with Gasteiger partial charge in [-0.25, -0.2) is 0 Å². The number of amides is 1. The highest BCUT2D eigenvalue weighted by atomic mass is 16.2. The predicted molar refractivity (Wildman–Crippen MR) is 81.5 cm³/mol. The number of nitrogens with zero attached hydrogens (tertiary/aromatic N) is 1. The van der Waals surface area contributed by atoms with Gasteiger partial charge in [0.1, 0.15) is 0 Å². The van der Waals surface area contributed by atoms with Crippen molar-refractivity contribution in [2.75, 3.05) is 31.7 Å². The molecule has 1 rings (SSSR count). The largest absolute Gasteiger partial charge is 0.397 e. The Kier molecular flexibility index (Phi) is 6.19. The third-order valence-electron chi connectivity index (χ3n) is 3.05. The summed E-state index contributed by atoms with van der Waals surface area (Å²) < 4.78 is 0. The van der Waals surface area contributed by atoms with E-state index < -0.39 is 0 Å². The summed E-state index contributed by atoms with van der Waals surface area (Å²) in [5.41, 5.74) is 8.13. The lowest BCUT2D eigenvalue weighted by Crippen LogP contribution is -2.21. The number of unbranched alkanes of at least 4 members (excludes halogenated alkanes) is 3. The molecule has 0 spiro atoms. The lowest BCUT2D eigenvalue weighted by Gasteiger charge is -2.13. The zero-order valence-electron chi connectivity index (χ0n) is 12.2. The number of rotatable bonds is 7. The number of nitrogen functional groups attached to an aromatic ring is 1. The Balaban J connectivity index is 2.55. The van der Waals surface area contributed by atoms with Gasteiger partial charge in [0.2, 0.25) is 0 Å². The van der Waals surface area contributed by atoms with Gasteiger partial charge in [-0.2, -0.15) is 0 Å². The van der Waals surface area contributed by atoms with Gasteiger partial charge in [-0.3, -0.25) is 4.79 Å². The fourth-order valence-electron chi connectivity index (χ4n) is 1.89. The first-order valence-electron chi connectivity index (χ1n) is 6.91. The summed E-state index contributed by atoms with van der Waals surface area (Å²) >= 11 is 0. The van der Waals surface area contributed by atoms with Crippen LogP contribution in [0.5, 0.6) is 0 Å². The van der Waals surface area contributed by atoms with Gasteiger partial charge in [0.15, 0.2) is 0 Å². The van der Waals surface area contributed by atoms with Crippen molar-refractivity contribution in [2.45, 2.75) is 32.6 Å². The Morgan fingerprint density at radius 2 is 2.00 bits per heavy atom. The van der Waals surface area contributed by atoms with Gasteiger partial charge >= 0.3 is 0 Å². The maximum atomic E-state index is 11.8. The molecule has 0 saturated carbocycles. The van der Waals surface area contributed by atoms with Gasteiger partial charge in [-0.1, -0.05) is 26.2 Å². The fourth-order valence-corrected chi connectivity index (χ4v) is 1.89. The number of nitrogens with two attached hydrogens (primary N) is 1. The topological polar surface area (TPSA) is 58.4 Å². The summed E-state index contributed by atoms with van der Waals surface area (Å²) in [6.07, 6.45) is 4.89. The molecule has 1 aromatic rings. The van der Waals surface area contributed by atoms with Crippen LogP contribution in [0, 0.1) is 0 Å². The number of hydrogen-bond acceptors (Lipinski definition) is 3. The molecule has 0 radical (unpaired) electrons. The first kappa shape index (κ1) is 15.3. The van der Waals surface area contributed by atoms with Crippen LogP contribution in [-0.2, 0) is 0 Å². The SMILES string of the molecule is CCCCCCNc1ccc(C(=O)N(C)C)cc1N. The molecule has 19 heavy (non-hydrogen) atoms. The Bertz CT molecular complexity index is 416. The van der Waals surface area contributed by atoms with Crippen LogP contribution in [0.4, 0.5) is 11.4 Å². The third-order valence-corrected chi connectivity index (χ3v) is 3.05. The Morgan fingerprint density at radius 3 is 2.58 bits per heavy atom. The van der Waals surface area contributed by atoms with Crippen molar-refractivity contribution in [1.82, 2.24) is 4.90 Å². The standard InChI is InChI=1S/C15H25N3O/c1-4-5-6-7-10-17-14-9-8-12(11-13(14)16)15(19)18(2)3/h8-9,11,17H,4-7,10,16H2,1-3H3. The molecule has 0 aliphatic carbocycles. The van der Waals surface area contributed by atoms with Crippen LogP contribution in [0.25, 0.3) is 0 Å². The second kappa shape index (κ2) is 7.67. The molecule has 0 fully saturated rings. The lowest BCUT2D eigenvalue weighted by atomic mass is 10.1. The van der Waals surface area contributed by atoms with Crippen molar-refractivity contribution in [3.63, 3.8) is 0 Å². The molecule has 0 aromatic heterocycles. The molecule has 0 aliphatic rings. The Hall–Kier alpha value is -1.71. The molecule has 0 aliphatic heterocycles. The molecule has 1 aromatic carbocycles. The van der Waals surface area contributed by atoms with E-state index in [0.29, 0.717) is 11.3 Å². The van der Waals surface area contributed by atoms with E-state index in [1.54, 1.807) is 25.1 Å². The summed E-state index contributed by atoms with van der Waals surface area (Å²) in [4.78, 5) is 13.3. The van der Waals surface area contributed by atoms with E-state index in [2.05, 4.69) is 12.2 Å². The van der Waals surface area contributed by atoms with Crippen LogP contribution in [0.15, 0.2) is 18.2 Å². The van der Waals surface area contributed by atoms with Gasteiger partial charge in [0.25, 0.3) is 5.91 Å². The van der Waals surface area contributed by atoms with E-state index in [1.807, 2.05) is 12.1 Å². The molecule has 0 unspecified atom stereocenters. The van der Waals surface area contributed by atoms with Gasteiger partial charge in [0.05, 0.1) is 11.4 Å². The molecule has 0 heterocycles. The second-order valence-corrected chi connectivity index (χ2v) is 4.99. The number of carbonyl (C=O) groups is 1. The van der Waals surface area contributed by atoms with Crippen molar-refractivity contribution in [3.05, 3.63) is 23.8 Å². The van der Waals surface area contributed by atoms with Crippen molar-refractivity contribution in [2.24, 2.45) is 0 Å². The van der Waals surface area contributed by atoms with E-state index >= 15 is 0 Å². The predicted octanol–water partition coefficient (Wildman–Crippen LogP) is 2.96. The minimum absolute atomic E-state index is 0.0267. The molecule has 4 nitrogen and oxygen atoms in total. The smallest absolute Gasteiger partial charge is 0.253 e. The maximum Gasteiger partial charge on any atom is 0.253 e. The van der Waals surface area contributed by atoms with Crippen LogP contribution in [0.1, 0.15) is 43.0 Å². The second-order valence-electron chi connectivity index (χ2n) is 4.99. The van der Waals surface area contributed by atoms with Crippen molar-refractivity contribution < 1.29 is 4.79 Å². The van der Waals surface area contributed by atoms with Crippen LogP contribution in [0.2, 0.25) is 0 Å². The van der Waals surface area contributed by atoms with Gasteiger partial charge < -0.3 is 16.0 Å². The van der Waals surface area contributed by atoms with Crippen LogP contribution in [-0.4, -0.2) is 31.4 Å². The van der Waals surface area contributed by atoms with Gasteiger partial charge in [-0.05, 0) is 24.6 Å². The number of nitrogens with one attached hydrogen (secondary N) is 1. The van der Waals surface area contributed by atoms with Crippen molar-refractivity contribution in [3.8, 4) is 0 Å². The molecule has 106 valence electrons. The van der Waals surface area contributed by atoms with Crippen molar-refractivity contribution in [1.29, 1.82) is 0 Å². The minimum atomic E-state index is -0.0267. The zero-order valence-corrected chi connectivity index (χ0v) is 12.2. The van der Waals surface area contributed by atoms with E-state index in [-0.39, 0.29) is 5.91 Å². The molecule has 4 heteroatoms. The summed E-state index contributed by atoms with van der Waals surface area (Å²) in [5, 5.41) is 3.32. The molecule has 1 amide bonds. The highest BCUT2D eigenvalue weighted by molar-refractivity contribution is 5.95.